The zero-order valence-corrected chi connectivity index (χ0v) is 15.9. The lowest BCUT2D eigenvalue weighted by Crippen LogP contribution is -2.02. The maximum Gasteiger partial charge on any atom is 0.145 e. The smallest absolute Gasteiger partial charge is 0.145 e. The summed E-state index contributed by atoms with van der Waals surface area (Å²) < 4.78 is 7.64. The van der Waals surface area contributed by atoms with Crippen LogP contribution in [-0.4, -0.2) is 16.9 Å². The number of nitriles is 2. The number of rotatable bonds is 4. The molecule has 0 aliphatic carbocycles. The van der Waals surface area contributed by atoms with E-state index in [0.29, 0.717) is 17.0 Å². The van der Waals surface area contributed by atoms with Crippen molar-refractivity contribution in [3.63, 3.8) is 0 Å². The number of ether oxygens (including phenoxy) is 1. The van der Waals surface area contributed by atoms with Crippen LogP contribution in [-0.2, 0) is 0 Å². The van der Waals surface area contributed by atoms with Gasteiger partial charge >= 0.3 is 0 Å². The molecule has 0 atom stereocenters. The Morgan fingerprint density at radius 3 is 2.59 bits per heavy atom. The molecule has 2 aromatic carbocycles. The number of aromatic nitrogens is 2. The normalized spacial score (nSPS) is 10.9. The van der Waals surface area contributed by atoms with Gasteiger partial charge < -0.3 is 10.5 Å². The molecule has 0 fully saturated rings. The molecular formula is C20H14BrN5O. The fraction of sp³-hybridized carbons (Fsp3) is 0.0500. The predicted octanol–water partition coefficient (Wildman–Crippen LogP) is 4.16. The van der Waals surface area contributed by atoms with Gasteiger partial charge in [-0.2, -0.15) is 15.6 Å². The number of methoxy groups -OCH3 is 1. The number of hydrogen-bond donors (Lipinski definition) is 1. The highest BCUT2D eigenvalue weighted by molar-refractivity contribution is 9.10. The van der Waals surface area contributed by atoms with Crippen molar-refractivity contribution in [2.75, 3.05) is 12.8 Å². The van der Waals surface area contributed by atoms with E-state index in [2.05, 4.69) is 33.2 Å². The summed E-state index contributed by atoms with van der Waals surface area (Å²) >= 11 is 3.41. The third-order valence-corrected chi connectivity index (χ3v) is 4.39. The topological polar surface area (TPSA) is 101 Å². The monoisotopic (exact) mass is 419 g/mol. The van der Waals surface area contributed by atoms with Gasteiger partial charge in [-0.05, 0) is 36.4 Å². The second-order valence-corrected chi connectivity index (χ2v) is 6.44. The lowest BCUT2D eigenvalue weighted by atomic mass is 10.1. The first kappa shape index (κ1) is 18.2. The molecule has 2 N–H and O–H groups in total. The quantitative estimate of drug-likeness (QED) is 0.639. The molecular weight excluding hydrogens is 406 g/mol. The Balaban J connectivity index is 2.19. The van der Waals surface area contributed by atoms with E-state index in [1.807, 2.05) is 42.5 Å². The zero-order chi connectivity index (χ0) is 19.4. The molecule has 0 spiro atoms. The lowest BCUT2D eigenvalue weighted by molar-refractivity contribution is 0.414. The minimum absolute atomic E-state index is 0.153. The van der Waals surface area contributed by atoms with E-state index in [9.17, 15) is 10.5 Å². The lowest BCUT2D eigenvalue weighted by Gasteiger charge is -2.05. The first-order valence-electron chi connectivity index (χ1n) is 7.88. The van der Waals surface area contributed by atoms with Crippen molar-refractivity contribution in [2.45, 2.75) is 0 Å². The maximum atomic E-state index is 9.69. The molecule has 0 saturated carbocycles. The van der Waals surface area contributed by atoms with E-state index in [1.54, 1.807) is 19.3 Å². The average molecular weight is 420 g/mol. The van der Waals surface area contributed by atoms with E-state index in [-0.39, 0.29) is 22.6 Å². The number of nitrogens with two attached hydrogens (primary N) is 1. The van der Waals surface area contributed by atoms with Crippen LogP contribution in [0.5, 0.6) is 5.75 Å². The molecule has 0 unspecified atom stereocenters. The number of nitrogens with zero attached hydrogens (tertiary/aromatic N) is 4. The Hall–Kier alpha value is -3.55. The Labute approximate surface area is 164 Å². The Morgan fingerprint density at radius 1 is 1.22 bits per heavy atom. The van der Waals surface area contributed by atoms with Gasteiger partial charge in [0.1, 0.15) is 35.0 Å². The van der Waals surface area contributed by atoms with Gasteiger partial charge in [-0.25, -0.2) is 4.68 Å². The highest BCUT2D eigenvalue weighted by atomic mass is 79.9. The molecule has 0 aliphatic rings. The number of benzene rings is 2. The van der Waals surface area contributed by atoms with Crippen molar-refractivity contribution in [3.05, 3.63) is 69.8 Å². The van der Waals surface area contributed by atoms with Crippen molar-refractivity contribution in [3.8, 4) is 23.6 Å². The minimum Gasteiger partial charge on any atom is -0.496 e. The summed E-state index contributed by atoms with van der Waals surface area (Å²) in [4.78, 5) is 0. The van der Waals surface area contributed by atoms with Gasteiger partial charge in [0.2, 0.25) is 0 Å². The number of hydrogen-bond acceptors (Lipinski definition) is 5. The Morgan fingerprint density at radius 2 is 1.96 bits per heavy atom. The van der Waals surface area contributed by atoms with E-state index in [0.717, 1.165) is 4.47 Å². The van der Waals surface area contributed by atoms with Crippen LogP contribution in [0.3, 0.4) is 0 Å². The second-order valence-electron chi connectivity index (χ2n) is 5.52. The molecule has 3 rings (SSSR count). The van der Waals surface area contributed by atoms with Gasteiger partial charge in [0.05, 0.1) is 18.4 Å². The Bertz CT molecular complexity index is 1100. The van der Waals surface area contributed by atoms with Crippen molar-refractivity contribution in [1.29, 1.82) is 10.5 Å². The van der Waals surface area contributed by atoms with E-state index in [1.165, 1.54) is 4.68 Å². The van der Waals surface area contributed by atoms with Crippen LogP contribution in [0.15, 0.2) is 53.0 Å². The van der Waals surface area contributed by atoms with E-state index in [4.69, 9.17) is 10.5 Å². The number of allylic oxidation sites excluding steroid dienone is 1. The van der Waals surface area contributed by atoms with Crippen LogP contribution in [0, 0.1) is 22.7 Å². The van der Waals surface area contributed by atoms with Gasteiger partial charge in [-0.3, -0.25) is 0 Å². The van der Waals surface area contributed by atoms with Crippen LogP contribution in [0.4, 0.5) is 5.82 Å². The average Bonchev–Trinajstić information content (AvgIpc) is 3.03. The summed E-state index contributed by atoms with van der Waals surface area (Å²) in [6.07, 6.45) is 1.63. The minimum atomic E-state index is 0.153. The largest absolute Gasteiger partial charge is 0.496 e. The zero-order valence-electron chi connectivity index (χ0n) is 14.3. The third-order valence-electron chi connectivity index (χ3n) is 3.90. The highest BCUT2D eigenvalue weighted by Crippen LogP contribution is 2.30. The number of halogens is 1. The summed E-state index contributed by atoms with van der Waals surface area (Å²) in [5, 5.41) is 23.7. The van der Waals surface area contributed by atoms with Gasteiger partial charge in [0.15, 0.2) is 0 Å². The second kappa shape index (κ2) is 7.77. The van der Waals surface area contributed by atoms with Gasteiger partial charge in [-0.1, -0.05) is 34.1 Å². The Kier molecular flexibility index (Phi) is 5.25. The molecule has 0 saturated heterocycles. The molecule has 0 bridgehead atoms. The molecule has 132 valence electrons. The fourth-order valence-corrected chi connectivity index (χ4v) is 3.00. The van der Waals surface area contributed by atoms with E-state index >= 15 is 0 Å². The van der Waals surface area contributed by atoms with Gasteiger partial charge in [0.25, 0.3) is 0 Å². The molecule has 0 aliphatic heterocycles. The van der Waals surface area contributed by atoms with Crippen LogP contribution in [0.1, 0.15) is 16.8 Å². The first-order chi connectivity index (χ1) is 13.1. The third kappa shape index (κ3) is 3.55. The molecule has 3 aromatic rings. The number of anilines is 1. The maximum absolute atomic E-state index is 9.69. The first-order valence-corrected chi connectivity index (χ1v) is 8.68. The molecule has 0 amide bonds. The summed E-state index contributed by atoms with van der Waals surface area (Å²) in [6.45, 7) is 0. The molecule has 1 heterocycles. The van der Waals surface area contributed by atoms with E-state index < -0.39 is 0 Å². The molecule has 7 heteroatoms. The van der Waals surface area contributed by atoms with Crippen LogP contribution < -0.4 is 10.5 Å². The van der Waals surface area contributed by atoms with Gasteiger partial charge in [-0.15, -0.1) is 0 Å². The summed E-state index contributed by atoms with van der Waals surface area (Å²) in [5.41, 5.74) is 8.10. The number of para-hydroxylation sites is 1. The van der Waals surface area contributed by atoms with Crippen molar-refractivity contribution in [1.82, 2.24) is 9.78 Å². The van der Waals surface area contributed by atoms with Crippen LogP contribution in [0.2, 0.25) is 0 Å². The fourth-order valence-electron chi connectivity index (χ4n) is 2.62. The summed E-state index contributed by atoms with van der Waals surface area (Å²) in [7, 11) is 1.55. The molecule has 0 radical (unpaired) electrons. The number of nitrogen functional groups attached to an aromatic ring is 1. The van der Waals surface area contributed by atoms with Crippen LogP contribution in [0.25, 0.3) is 17.3 Å². The predicted molar refractivity (Wildman–Crippen MR) is 107 cm³/mol. The van der Waals surface area contributed by atoms with Crippen LogP contribution >= 0.6 is 15.9 Å². The SMILES string of the molecule is COc1ccc(Br)cc1C=C(C#N)c1nn(-c2ccccc2)c(N)c1C#N. The molecule has 6 nitrogen and oxygen atoms in total. The molecule has 27 heavy (non-hydrogen) atoms. The standard InChI is InChI=1S/C20H14BrN5O/c1-27-18-8-7-15(21)10-13(18)9-14(11-22)19-17(12-23)20(24)26(25-19)16-5-3-2-4-6-16/h2-10H,24H2,1H3. The van der Waals surface area contributed by atoms with Gasteiger partial charge in [0, 0.05) is 10.0 Å². The van der Waals surface area contributed by atoms with Crippen molar-refractivity contribution >= 4 is 33.4 Å². The summed E-state index contributed by atoms with van der Waals surface area (Å²) in [5.74, 6) is 0.779. The molecule has 1 aromatic heterocycles. The van der Waals surface area contributed by atoms with Crippen molar-refractivity contribution in [2.24, 2.45) is 0 Å². The highest BCUT2D eigenvalue weighted by Gasteiger charge is 2.20. The summed E-state index contributed by atoms with van der Waals surface area (Å²) in [6, 6.07) is 18.8. The van der Waals surface area contributed by atoms with Crippen molar-refractivity contribution < 1.29 is 4.74 Å².